The van der Waals surface area contributed by atoms with Gasteiger partial charge < -0.3 is 4.90 Å². The van der Waals surface area contributed by atoms with Gasteiger partial charge in [-0.25, -0.2) is 0 Å². The van der Waals surface area contributed by atoms with E-state index in [1.54, 1.807) is 0 Å². The second kappa shape index (κ2) is 11.6. The number of thiophene rings is 2. The Morgan fingerprint density at radius 1 is 0.529 bits per heavy atom. The maximum Gasteiger partial charge on any atom is 0.0503 e. The Hall–Kier alpha value is -5.91. The molecule has 10 rings (SSSR count). The fourth-order valence-corrected chi connectivity index (χ4v) is 10.2. The maximum absolute atomic E-state index is 9.55. The largest absolute Gasteiger partial charge is 0.310 e. The van der Waals surface area contributed by atoms with Crippen LogP contribution in [0.1, 0.15) is 18.1 Å². The van der Waals surface area contributed by atoms with Crippen molar-refractivity contribution < 1.29 is 0 Å². The van der Waals surface area contributed by atoms with Gasteiger partial charge in [-0.05, 0) is 106 Å². The van der Waals surface area contributed by atoms with Crippen molar-refractivity contribution in [1.82, 2.24) is 0 Å². The number of benzene rings is 7. The molecule has 1 unspecified atom stereocenters. The molecular formula is C45H30N4S2. The highest BCUT2D eigenvalue weighted by atomic mass is 32.1. The molecule has 0 saturated heterocycles. The summed E-state index contributed by atoms with van der Waals surface area (Å²) in [4.78, 5) is 5.62. The third kappa shape index (κ3) is 4.69. The lowest BCUT2D eigenvalue weighted by Gasteiger charge is -2.43. The third-order valence-corrected chi connectivity index (χ3v) is 12.9. The third-order valence-electron chi connectivity index (χ3n) is 10.5. The molecule has 51 heavy (non-hydrogen) atoms. The van der Waals surface area contributed by atoms with Crippen molar-refractivity contribution in [1.29, 1.82) is 0 Å². The van der Waals surface area contributed by atoms with Gasteiger partial charge in [0.15, 0.2) is 0 Å². The molecule has 0 radical (unpaired) electrons. The van der Waals surface area contributed by atoms with Crippen LogP contribution < -0.4 is 4.90 Å². The molecule has 3 heterocycles. The summed E-state index contributed by atoms with van der Waals surface area (Å²) < 4.78 is 5.14. The van der Waals surface area contributed by atoms with Gasteiger partial charge >= 0.3 is 0 Å². The van der Waals surface area contributed by atoms with Crippen molar-refractivity contribution in [2.45, 2.75) is 12.3 Å². The van der Waals surface area contributed by atoms with Crippen LogP contribution in [-0.4, -0.2) is 6.54 Å². The van der Waals surface area contributed by atoms with E-state index in [1.807, 2.05) is 22.7 Å². The topological polar surface area (TPSA) is 52.0 Å². The number of azide groups is 1. The zero-order valence-corrected chi connectivity index (χ0v) is 29.4. The Balaban J connectivity index is 1.16. The van der Waals surface area contributed by atoms with Gasteiger partial charge in [0.05, 0.1) is 11.4 Å². The second-order valence-corrected chi connectivity index (χ2v) is 15.6. The van der Waals surface area contributed by atoms with Crippen molar-refractivity contribution in [2.24, 2.45) is 5.11 Å². The molecule has 0 fully saturated rings. The molecule has 0 saturated carbocycles. The van der Waals surface area contributed by atoms with E-state index in [0.29, 0.717) is 6.54 Å². The summed E-state index contributed by atoms with van der Waals surface area (Å²) in [5.41, 5.74) is 19.4. The highest BCUT2D eigenvalue weighted by molar-refractivity contribution is 7.26. The first-order valence-electron chi connectivity index (χ1n) is 17.1. The Morgan fingerprint density at radius 3 is 1.86 bits per heavy atom. The Kier molecular flexibility index (Phi) is 6.80. The van der Waals surface area contributed by atoms with Crippen molar-refractivity contribution in [2.75, 3.05) is 11.4 Å². The summed E-state index contributed by atoms with van der Waals surface area (Å²) in [7, 11) is 0. The second-order valence-electron chi connectivity index (χ2n) is 13.5. The van der Waals surface area contributed by atoms with Gasteiger partial charge in [0.25, 0.3) is 0 Å². The normalized spacial score (nSPS) is 15.3. The van der Waals surface area contributed by atoms with Gasteiger partial charge in [-0.15, -0.1) is 22.7 Å². The van der Waals surface area contributed by atoms with E-state index in [1.165, 1.54) is 51.5 Å². The molecule has 6 heteroatoms. The number of fused-ring (bicyclic) bond motifs is 8. The molecule has 4 nitrogen and oxygen atoms in total. The van der Waals surface area contributed by atoms with E-state index in [9.17, 15) is 5.53 Å². The van der Waals surface area contributed by atoms with E-state index in [2.05, 4.69) is 174 Å². The van der Waals surface area contributed by atoms with Crippen molar-refractivity contribution in [3.05, 3.63) is 173 Å². The first-order chi connectivity index (χ1) is 25.1. The summed E-state index contributed by atoms with van der Waals surface area (Å²) in [6, 6.07) is 55.1. The molecule has 0 amide bonds. The summed E-state index contributed by atoms with van der Waals surface area (Å²) >= 11 is 3.67. The van der Waals surface area contributed by atoms with Gasteiger partial charge in [-0.1, -0.05) is 97.0 Å². The highest BCUT2D eigenvalue weighted by Crippen LogP contribution is 2.54. The van der Waals surface area contributed by atoms with Crippen LogP contribution in [0.2, 0.25) is 0 Å². The van der Waals surface area contributed by atoms with Crippen LogP contribution in [0.4, 0.5) is 17.1 Å². The number of nitrogens with zero attached hydrogens (tertiary/aromatic N) is 4. The molecule has 1 aliphatic rings. The van der Waals surface area contributed by atoms with Gasteiger partial charge in [0.2, 0.25) is 0 Å². The molecular weight excluding hydrogens is 661 g/mol. The van der Waals surface area contributed by atoms with Crippen molar-refractivity contribution >= 4 is 80.1 Å². The molecule has 2 aromatic heterocycles. The Morgan fingerprint density at radius 2 is 1.10 bits per heavy atom. The number of rotatable bonds is 5. The Bertz CT molecular complexity index is 2880. The van der Waals surface area contributed by atoms with E-state index >= 15 is 0 Å². The van der Waals surface area contributed by atoms with Gasteiger partial charge in [0, 0.05) is 62.9 Å². The molecule has 0 spiro atoms. The predicted molar refractivity (Wildman–Crippen MR) is 218 cm³/mol. The molecule has 0 N–H and O–H groups in total. The SMILES string of the molecule is CC1(CN=[N+]=[N-])c2ccccc2N(c2ccc3sc4ccccc4c3c2)c2ccc(-c3ccc4sc5ccc(-c6ccccc6)cc5c4c3)cc21. The lowest BCUT2D eigenvalue weighted by atomic mass is 9.71. The van der Waals surface area contributed by atoms with Crippen molar-refractivity contribution in [3.63, 3.8) is 0 Å². The molecule has 242 valence electrons. The standard InChI is InChI=1S/C45H30N4S2/c1-45(27-47-48-46)37-12-6-7-13-39(37)49(32-18-22-44-36(26-32)33-11-5-8-14-41(33)50-44)40-19-15-31(25-38(40)45)30-17-21-43-35(24-30)34-23-29(16-20-42(34)51-43)28-9-3-2-4-10-28/h2-26H,27H2,1H3. The van der Waals surface area contributed by atoms with Crippen molar-refractivity contribution in [3.8, 4) is 22.3 Å². The van der Waals surface area contributed by atoms with E-state index < -0.39 is 5.41 Å². The fraction of sp³-hybridized carbons (Fsp3) is 0.0667. The lowest BCUT2D eigenvalue weighted by Crippen LogP contribution is -2.35. The minimum atomic E-state index is -0.534. The quantitative estimate of drug-likeness (QED) is 0.101. The summed E-state index contributed by atoms with van der Waals surface area (Å²) in [6.07, 6.45) is 0. The van der Waals surface area contributed by atoms with E-state index in [4.69, 9.17) is 0 Å². The van der Waals surface area contributed by atoms with Gasteiger partial charge in [0.1, 0.15) is 0 Å². The number of para-hydroxylation sites is 1. The zero-order valence-electron chi connectivity index (χ0n) is 27.7. The first-order valence-corrected chi connectivity index (χ1v) is 18.7. The van der Waals surface area contributed by atoms with Crippen LogP contribution in [0.3, 0.4) is 0 Å². The van der Waals surface area contributed by atoms with Crippen LogP contribution in [0.25, 0.3) is 73.0 Å². The minimum absolute atomic E-state index is 0.315. The summed E-state index contributed by atoms with van der Waals surface area (Å²) in [5.74, 6) is 0. The summed E-state index contributed by atoms with van der Waals surface area (Å²) in [5, 5.41) is 9.29. The first kappa shape index (κ1) is 30.0. The molecule has 1 atom stereocenters. The van der Waals surface area contributed by atoms with Gasteiger partial charge in [-0.2, -0.15) is 0 Å². The predicted octanol–water partition coefficient (Wildman–Crippen LogP) is 14.2. The van der Waals surface area contributed by atoms with E-state index in [0.717, 1.165) is 39.3 Å². The molecule has 7 aromatic carbocycles. The van der Waals surface area contributed by atoms with Gasteiger partial charge in [-0.3, -0.25) is 0 Å². The van der Waals surface area contributed by atoms with Crippen LogP contribution in [0, 0.1) is 0 Å². The number of hydrogen-bond donors (Lipinski definition) is 0. The average molecular weight is 691 g/mol. The smallest absolute Gasteiger partial charge is 0.0503 e. The number of hydrogen-bond acceptors (Lipinski definition) is 4. The van der Waals surface area contributed by atoms with Crippen LogP contribution >= 0.6 is 22.7 Å². The summed E-state index contributed by atoms with van der Waals surface area (Å²) in [6.45, 7) is 2.53. The zero-order chi connectivity index (χ0) is 34.1. The fourth-order valence-electron chi connectivity index (χ4n) is 8.00. The van der Waals surface area contributed by atoms with E-state index in [-0.39, 0.29) is 0 Å². The molecule has 0 aliphatic carbocycles. The average Bonchev–Trinajstić information content (AvgIpc) is 3.75. The minimum Gasteiger partial charge on any atom is -0.310 e. The monoisotopic (exact) mass is 690 g/mol. The van der Waals surface area contributed by atoms with Crippen LogP contribution in [0.15, 0.2) is 157 Å². The molecule has 9 aromatic rings. The van der Waals surface area contributed by atoms with Crippen LogP contribution in [0.5, 0.6) is 0 Å². The molecule has 1 aliphatic heterocycles. The maximum atomic E-state index is 9.55. The molecule has 0 bridgehead atoms. The Labute approximate surface area is 303 Å². The van der Waals surface area contributed by atoms with Crippen LogP contribution in [-0.2, 0) is 5.41 Å². The highest BCUT2D eigenvalue weighted by Gasteiger charge is 2.40. The number of anilines is 3. The lowest BCUT2D eigenvalue weighted by molar-refractivity contribution is 0.576.